The van der Waals surface area contributed by atoms with Gasteiger partial charge in [0, 0.05) is 13.1 Å². The van der Waals surface area contributed by atoms with Gasteiger partial charge in [-0.15, -0.1) is 12.4 Å². The average Bonchev–Trinajstić information content (AvgIpc) is 2.61. The van der Waals surface area contributed by atoms with Gasteiger partial charge in [0.2, 0.25) is 0 Å². The van der Waals surface area contributed by atoms with Gasteiger partial charge in [-0.1, -0.05) is 18.2 Å². The van der Waals surface area contributed by atoms with Crippen LogP contribution >= 0.6 is 12.4 Å². The molecule has 2 rings (SSSR count). The Morgan fingerprint density at radius 2 is 1.81 bits per heavy atom. The van der Waals surface area contributed by atoms with Crippen LogP contribution in [0.1, 0.15) is 22.8 Å². The number of aliphatic hydroxyl groups excluding tert-OH is 1. The van der Waals surface area contributed by atoms with Crippen molar-refractivity contribution in [3.63, 3.8) is 0 Å². The first-order valence-corrected chi connectivity index (χ1v) is 4.55. The lowest BCUT2D eigenvalue weighted by molar-refractivity contribution is -0.206. The van der Waals surface area contributed by atoms with Gasteiger partial charge in [-0.2, -0.15) is 13.2 Å². The van der Waals surface area contributed by atoms with E-state index in [1.54, 1.807) is 6.07 Å². The molecule has 0 spiro atoms. The number of rotatable bonds is 1. The number of alkyl halides is 3. The Balaban J connectivity index is 0.00000128. The van der Waals surface area contributed by atoms with Gasteiger partial charge in [0.25, 0.3) is 0 Å². The summed E-state index contributed by atoms with van der Waals surface area (Å²) < 4.78 is 36.7. The molecule has 1 aromatic carbocycles. The highest BCUT2D eigenvalue weighted by Gasteiger charge is 2.39. The minimum atomic E-state index is -4.60. The minimum absolute atomic E-state index is 0. The molecule has 90 valence electrons. The molecule has 0 bridgehead atoms. The summed E-state index contributed by atoms with van der Waals surface area (Å²) in [7, 11) is 0. The van der Waals surface area contributed by atoms with Crippen molar-refractivity contribution < 1.29 is 18.3 Å². The zero-order chi connectivity index (χ0) is 11.1. The van der Waals surface area contributed by atoms with E-state index >= 15 is 0 Å². The van der Waals surface area contributed by atoms with Crippen LogP contribution in [0, 0.1) is 0 Å². The summed E-state index contributed by atoms with van der Waals surface area (Å²) in [6.45, 7) is 1.24. The van der Waals surface area contributed by atoms with Crippen LogP contribution in [0.25, 0.3) is 0 Å². The van der Waals surface area contributed by atoms with Crippen LogP contribution in [0.3, 0.4) is 0 Å². The third-order valence-corrected chi connectivity index (χ3v) is 2.49. The number of hydrogen-bond donors (Lipinski definition) is 2. The summed E-state index contributed by atoms with van der Waals surface area (Å²) in [6.07, 6.45) is -6.98. The van der Waals surface area contributed by atoms with Gasteiger partial charge in [-0.3, -0.25) is 0 Å². The van der Waals surface area contributed by atoms with Crippen molar-refractivity contribution in [2.45, 2.75) is 25.4 Å². The summed E-state index contributed by atoms with van der Waals surface area (Å²) in [5, 5.41) is 12.1. The van der Waals surface area contributed by atoms with Gasteiger partial charge in [0.05, 0.1) is 0 Å². The smallest absolute Gasteiger partial charge is 0.379 e. The molecular formula is C10H11ClF3NO. The SMILES string of the molecule is Cl.OC(c1ccc2c(c1)CNC2)C(F)(F)F. The highest BCUT2D eigenvalue weighted by Crippen LogP contribution is 2.33. The van der Waals surface area contributed by atoms with E-state index in [1.807, 2.05) is 0 Å². The molecule has 2 nitrogen and oxygen atoms in total. The molecule has 1 heterocycles. The molecule has 1 aliphatic heterocycles. The molecule has 6 heteroatoms. The third-order valence-electron chi connectivity index (χ3n) is 2.49. The number of nitrogens with one attached hydrogen (secondary N) is 1. The Kier molecular flexibility index (Phi) is 3.83. The first-order chi connectivity index (χ1) is 6.98. The summed E-state index contributed by atoms with van der Waals surface area (Å²) in [4.78, 5) is 0. The normalized spacial score (nSPS) is 16.5. The van der Waals surface area contributed by atoms with E-state index in [-0.39, 0.29) is 18.0 Å². The fourth-order valence-corrected chi connectivity index (χ4v) is 1.67. The largest absolute Gasteiger partial charge is 0.418 e. The second-order valence-electron chi connectivity index (χ2n) is 3.58. The predicted molar refractivity (Wildman–Crippen MR) is 55.2 cm³/mol. The zero-order valence-corrected chi connectivity index (χ0v) is 9.03. The van der Waals surface area contributed by atoms with E-state index in [9.17, 15) is 13.2 Å². The summed E-state index contributed by atoms with van der Waals surface area (Å²) in [6, 6.07) is 4.36. The zero-order valence-electron chi connectivity index (χ0n) is 8.21. The van der Waals surface area contributed by atoms with Gasteiger partial charge >= 0.3 is 6.18 Å². The number of benzene rings is 1. The topological polar surface area (TPSA) is 32.3 Å². The van der Waals surface area contributed by atoms with E-state index in [1.165, 1.54) is 12.1 Å². The van der Waals surface area contributed by atoms with Crippen molar-refractivity contribution >= 4 is 12.4 Å². The Bertz CT molecular complexity index is 381. The predicted octanol–water partition coefficient (Wildman–Crippen LogP) is 2.31. The van der Waals surface area contributed by atoms with Crippen molar-refractivity contribution in [3.8, 4) is 0 Å². The number of halogens is 4. The van der Waals surface area contributed by atoms with E-state index in [0.717, 1.165) is 11.1 Å². The fourth-order valence-electron chi connectivity index (χ4n) is 1.67. The highest BCUT2D eigenvalue weighted by atomic mass is 35.5. The van der Waals surface area contributed by atoms with Crippen LogP contribution < -0.4 is 5.32 Å². The second-order valence-corrected chi connectivity index (χ2v) is 3.58. The van der Waals surface area contributed by atoms with Gasteiger partial charge in [0.1, 0.15) is 0 Å². The molecule has 0 amide bonds. The molecular weight excluding hydrogens is 243 g/mol. The van der Waals surface area contributed by atoms with Crippen molar-refractivity contribution in [2.24, 2.45) is 0 Å². The van der Waals surface area contributed by atoms with Crippen LogP contribution in [0.5, 0.6) is 0 Å². The lowest BCUT2D eigenvalue weighted by Gasteiger charge is -2.15. The maximum absolute atomic E-state index is 12.2. The molecule has 2 N–H and O–H groups in total. The molecule has 1 atom stereocenters. The van der Waals surface area contributed by atoms with Crippen molar-refractivity contribution in [1.82, 2.24) is 5.32 Å². The molecule has 0 aliphatic carbocycles. The maximum Gasteiger partial charge on any atom is 0.418 e. The number of hydrogen-bond acceptors (Lipinski definition) is 2. The second kappa shape index (κ2) is 4.61. The Morgan fingerprint density at radius 3 is 2.44 bits per heavy atom. The lowest BCUT2D eigenvalue weighted by atomic mass is 10.0. The Hall–Kier alpha value is -0.780. The standard InChI is InChI=1S/C10H10F3NO.ClH/c11-10(12,13)9(15)6-1-2-7-4-14-5-8(7)3-6;/h1-3,9,14-15H,4-5H2;1H. The first kappa shape index (κ1) is 13.3. The van der Waals surface area contributed by atoms with E-state index in [2.05, 4.69) is 5.32 Å². The van der Waals surface area contributed by atoms with Gasteiger partial charge in [-0.25, -0.2) is 0 Å². The maximum atomic E-state index is 12.2. The lowest BCUT2D eigenvalue weighted by Crippen LogP contribution is -2.20. The molecule has 0 aromatic heterocycles. The van der Waals surface area contributed by atoms with Crippen molar-refractivity contribution in [3.05, 3.63) is 34.9 Å². The van der Waals surface area contributed by atoms with Crippen molar-refractivity contribution in [2.75, 3.05) is 0 Å². The summed E-state index contributed by atoms with van der Waals surface area (Å²) in [5.41, 5.74) is 1.73. The van der Waals surface area contributed by atoms with E-state index in [0.29, 0.717) is 13.1 Å². The minimum Gasteiger partial charge on any atom is -0.379 e. The monoisotopic (exact) mass is 253 g/mol. The molecule has 0 radical (unpaired) electrons. The molecule has 1 aliphatic rings. The van der Waals surface area contributed by atoms with E-state index in [4.69, 9.17) is 5.11 Å². The molecule has 0 saturated carbocycles. The number of fused-ring (bicyclic) bond motifs is 1. The van der Waals surface area contributed by atoms with Crippen molar-refractivity contribution in [1.29, 1.82) is 0 Å². The molecule has 16 heavy (non-hydrogen) atoms. The average molecular weight is 254 g/mol. The van der Waals surface area contributed by atoms with Crippen LogP contribution in [0.2, 0.25) is 0 Å². The number of aliphatic hydroxyl groups is 1. The Morgan fingerprint density at radius 1 is 1.19 bits per heavy atom. The fraction of sp³-hybridized carbons (Fsp3) is 0.400. The molecule has 1 aromatic rings. The molecule has 1 unspecified atom stereocenters. The highest BCUT2D eigenvalue weighted by molar-refractivity contribution is 5.85. The van der Waals surface area contributed by atoms with Crippen LogP contribution in [0.4, 0.5) is 13.2 Å². The first-order valence-electron chi connectivity index (χ1n) is 4.55. The van der Waals surface area contributed by atoms with Gasteiger partial charge in [-0.05, 0) is 16.7 Å². The summed E-state index contributed by atoms with van der Waals surface area (Å²) in [5.74, 6) is 0. The van der Waals surface area contributed by atoms with Crippen LogP contribution in [0.15, 0.2) is 18.2 Å². The summed E-state index contributed by atoms with van der Waals surface area (Å²) >= 11 is 0. The molecule has 0 fully saturated rings. The van der Waals surface area contributed by atoms with Gasteiger partial charge in [0.15, 0.2) is 6.10 Å². The van der Waals surface area contributed by atoms with Crippen LogP contribution in [-0.4, -0.2) is 11.3 Å². The Labute approximate surface area is 96.9 Å². The van der Waals surface area contributed by atoms with E-state index < -0.39 is 12.3 Å². The van der Waals surface area contributed by atoms with Crippen LogP contribution in [-0.2, 0) is 13.1 Å². The van der Waals surface area contributed by atoms with Gasteiger partial charge < -0.3 is 10.4 Å². The molecule has 0 saturated heterocycles. The third kappa shape index (κ3) is 2.48. The quantitative estimate of drug-likeness (QED) is 0.805.